The molecule has 90 valence electrons. The summed E-state index contributed by atoms with van der Waals surface area (Å²) in [5.74, 6) is -0.771. The van der Waals surface area contributed by atoms with Crippen LogP contribution in [0.5, 0.6) is 0 Å². The van der Waals surface area contributed by atoms with Crippen molar-refractivity contribution in [3.05, 3.63) is 18.0 Å². The molecule has 1 atom stereocenters. The Morgan fingerprint density at radius 1 is 1.62 bits per heavy atom. The van der Waals surface area contributed by atoms with Crippen LogP contribution in [0.25, 0.3) is 0 Å². The summed E-state index contributed by atoms with van der Waals surface area (Å²) in [5.41, 5.74) is 1.05. The molecule has 0 aromatic carbocycles. The minimum Gasteiger partial charge on any atom is -0.480 e. The van der Waals surface area contributed by atoms with Crippen LogP contribution in [0.4, 0.5) is 0 Å². The van der Waals surface area contributed by atoms with E-state index in [9.17, 15) is 4.79 Å². The summed E-state index contributed by atoms with van der Waals surface area (Å²) in [6.45, 7) is 5.32. The van der Waals surface area contributed by atoms with E-state index in [0.717, 1.165) is 12.2 Å². The molecule has 0 amide bonds. The molecule has 1 aromatic rings. The predicted octanol–water partition coefficient (Wildman–Crippen LogP) is 1.20. The van der Waals surface area contributed by atoms with Crippen LogP contribution in [0, 0.1) is 0 Å². The minimum absolute atomic E-state index is 0.430. The van der Waals surface area contributed by atoms with Crippen molar-refractivity contribution in [1.29, 1.82) is 0 Å². The van der Waals surface area contributed by atoms with Gasteiger partial charge in [-0.15, -0.1) is 0 Å². The molecule has 1 rings (SSSR count). The summed E-state index contributed by atoms with van der Waals surface area (Å²) in [6, 6.07) is 1.49. The first-order chi connectivity index (χ1) is 7.60. The van der Waals surface area contributed by atoms with E-state index >= 15 is 0 Å². The second-order valence-corrected chi connectivity index (χ2v) is 3.82. The number of carboxylic acid groups (broad SMARTS) is 1. The van der Waals surface area contributed by atoms with Gasteiger partial charge in [-0.1, -0.05) is 6.92 Å². The summed E-state index contributed by atoms with van der Waals surface area (Å²) in [7, 11) is 1.83. The number of likely N-dealkylation sites (N-methyl/N-ethyl adjacent to an activating group) is 1. The Bertz CT molecular complexity index is 349. The van der Waals surface area contributed by atoms with Gasteiger partial charge >= 0.3 is 5.97 Å². The molecule has 1 N–H and O–H groups in total. The average molecular weight is 225 g/mol. The number of carboxylic acids is 1. The molecule has 1 unspecified atom stereocenters. The molecule has 16 heavy (non-hydrogen) atoms. The summed E-state index contributed by atoms with van der Waals surface area (Å²) < 4.78 is 1.88. The zero-order chi connectivity index (χ0) is 12.1. The SMILES string of the molecule is CCC(C(=O)O)N(C)Cc1ccnn1CC. The zero-order valence-corrected chi connectivity index (χ0v) is 10.1. The van der Waals surface area contributed by atoms with E-state index in [0.29, 0.717) is 13.0 Å². The maximum absolute atomic E-state index is 11.0. The third-order valence-corrected chi connectivity index (χ3v) is 2.72. The molecule has 0 bridgehead atoms. The number of carbonyl (C=O) groups is 1. The largest absolute Gasteiger partial charge is 0.480 e. The van der Waals surface area contributed by atoms with Crippen LogP contribution in [0.15, 0.2) is 12.3 Å². The molecule has 0 fully saturated rings. The highest BCUT2D eigenvalue weighted by Crippen LogP contribution is 2.08. The molecular weight excluding hydrogens is 206 g/mol. The van der Waals surface area contributed by atoms with Crippen LogP contribution in [0.1, 0.15) is 26.0 Å². The number of aromatic nitrogens is 2. The van der Waals surface area contributed by atoms with Gasteiger partial charge in [0, 0.05) is 19.3 Å². The van der Waals surface area contributed by atoms with Gasteiger partial charge in [-0.05, 0) is 26.5 Å². The van der Waals surface area contributed by atoms with E-state index in [-0.39, 0.29) is 0 Å². The quantitative estimate of drug-likeness (QED) is 0.790. The van der Waals surface area contributed by atoms with E-state index < -0.39 is 12.0 Å². The van der Waals surface area contributed by atoms with E-state index in [1.165, 1.54) is 0 Å². The molecule has 0 saturated heterocycles. The lowest BCUT2D eigenvalue weighted by Crippen LogP contribution is -2.37. The number of nitrogens with zero attached hydrogens (tertiary/aromatic N) is 3. The molecule has 5 nitrogen and oxygen atoms in total. The smallest absolute Gasteiger partial charge is 0.320 e. The van der Waals surface area contributed by atoms with E-state index in [4.69, 9.17) is 5.11 Å². The lowest BCUT2D eigenvalue weighted by molar-refractivity contribution is -0.143. The van der Waals surface area contributed by atoms with Crippen molar-refractivity contribution >= 4 is 5.97 Å². The summed E-state index contributed by atoms with van der Waals surface area (Å²) >= 11 is 0. The van der Waals surface area contributed by atoms with E-state index in [1.807, 2.05) is 36.5 Å². The molecule has 0 aliphatic rings. The van der Waals surface area contributed by atoms with Gasteiger partial charge in [-0.2, -0.15) is 5.10 Å². The van der Waals surface area contributed by atoms with E-state index in [2.05, 4.69) is 5.10 Å². The van der Waals surface area contributed by atoms with Gasteiger partial charge in [0.05, 0.1) is 5.69 Å². The molecule has 1 aromatic heterocycles. The zero-order valence-electron chi connectivity index (χ0n) is 10.1. The van der Waals surface area contributed by atoms with Crippen LogP contribution in [-0.4, -0.2) is 38.8 Å². The van der Waals surface area contributed by atoms with Crippen LogP contribution in [-0.2, 0) is 17.9 Å². The Hall–Kier alpha value is -1.36. The lowest BCUT2D eigenvalue weighted by Gasteiger charge is -2.23. The highest BCUT2D eigenvalue weighted by molar-refractivity contribution is 5.73. The molecule has 0 saturated carbocycles. The topological polar surface area (TPSA) is 58.4 Å². The summed E-state index contributed by atoms with van der Waals surface area (Å²) in [4.78, 5) is 12.8. The average Bonchev–Trinajstić information content (AvgIpc) is 2.65. The Labute approximate surface area is 95.7 Å². The van der Waals surface area contributed by atoms with Crippen LogP contribution in [0.3, 0.4) is 0 Å². The van der Waals surface area contributed by atoms with E-state index in [1.54, 1.807) is 6.20 Å². The van der Waals surface area contributed by atoms with Crippen molar-refractivity contribution in [2.75, 3.05) is 7.05 Å². The number of hydrogen-bond acceptors (Lipinski definition) is 3. The third-order valence-electron chi connectivity index (χ3n) is 2.72. The fourth-order valence-corrected chi connectivity index (χ4v) is 1.82. The highest BCUT2D eigenvalue weighted by Gasteiger charge is 2.21. The van der Waals surface area contributed by atoms with Gasteiger partial charge < -0.3 is 5.11 Å². The molecule has 0 spiro atoms. The van der Waals surface area contributed by atoms with Gasteiger partial charge in [0.1, 0.15) is 6.04 Å². The van der Waals surface area contributed by atoms with Crippen LogP contribution in [0.2, 0.25) is 0 Å². The first-order valence-electron chi connectivity index (χ1n) is 5.53. The van der Waals surface area contributed by atoms with Crippen LogP contribution >= 0.6 is 0 Å². The Balaban J connectivity index is 2.69. The highest BCUT2D eigenvalue weighted by atomic mass is 16.4. The maximum atomic E-state index is 11.0. The first-order valence-corrected chi connectivity index (χ1v) is 5.53. The van der Waals surface area contributed by atoms with Crippen LogP contribution < -0.4 is 0 Å². The Morgan fingerprint density at radius 3 is 2.81 bits per heavy atom. The normalized spacial score (nSPS) is 13.0. The van der Waals surface area contributed by atoms with Gasteiger partial charge in [0.25, 0.3) is 0 Å². The van der Waals surface area contributed by atoms with Gasteiger partial charge in [0.15, 0.2) is 0 Å². The first kappa shape index (κ1) is 12.7. The van der Waals surface area contributed by atoms with Crippen molar-refractivity contribution in [3.63, 3.8) is 0 Å². The second-order valence-electron chi connectivity index (χ2n) is 3.82. The molecule has 5 heteroatoms. The van der Waals surface area contributed by atoms with Gasteiger partial charge in [-0.3, -0.25) is 14.4 Å². The fourth-order valence-electron chi connectivity index (χ4n) is 1.82. The maximum Gasteiger partial charge on any atom is 0.320 e. The standard InChI is InChI=1S/C11H19N3O2/c1-4-10(11(15)16)13(3)8-9-6-7-12-14(9)5-2/h6-7,10H,4-5,8H2,1-3H3,(H,15,16). The van der Waals surface area contributed by atoms with Gasteiger partial charge in [-0.25, -0.2) is 0 Å². The molecule has 0 aliphatic carbocycles. The van der Waals surface area contributed by atoms with Crippen molar-refractivity contribution in [1.82, 2.24) is 14.7 Å². The van der Waals surface area contributed by atoms with Crippen molar-refractivity contribution in [2.24, 2.45) is 0 Å². The number of aryl methyl sites for hydroxylation is 1. The monoisotopic (exact) mass is 225 g/mol. The predicted molar refractivity (Wildman–Crippen MR) is 61.1 cm³/mol. The van der Waals surface area contributed by atoms with Crippen molar-refractivity contribution in [2.45, 2.75) is 39.4 Å². The van der Waals surface area contributed by atoms with Crippen molar-refractivity contribution in [3.8, 4) is 0 Å². The Morgan fingerprint density at radius 2 is 2.31 bits per heavy atom. The van der Waals surface area contributed by atoms with Gasteiger partial charge in [0.2, 0.25) is 0 Å². The number of hydrogen-bond donors (Lipinski definition) is 1. The summed E-state index contributed by atoms with van der Waals surface area (Å²) in [5, 5.41) is 13.2. The molecular formula is C11H19N3O2. The lowest BCUT2D eigenvalue weighted by atomic mass is 10.2. The number of rotatable bonds is 6. The third kappa shape index (κ3) is 2.82. The molecule has 1 heterocycles. The molecule has 0 aliphatic heterocycles. The second kappa shape index (κ2) is 5.65. The fraction of sp³-hybridized carbons (Fsp3) is 0.636. The Kier molecular flexibility index (Phi) is 4.49. The minimum atomic E-state index is -0.771. The molecule has 0 radical (unpaired) electrons. The number of aliphatic carboxylic acids is 1. The summed E-state index contributed by atoms with van der Waals surface area (Å²) in [6.07, 6.45) is 2.35. The van der Waals surface area contributed by atoms with Crippen molar-refractivity contribution < 1.29 is 9.90 Å².